The number of halogens is 1. The maximum atomic E-state index is 13.3. The number of hydrogen-bond donors (Lipinski definition) is 0. The first-order valence-electron chi connectivity index (χ1n) is 10.6. The molecule has 0 saturated heterocycles. The van der Waals surface area contributed by atoms with Crippen LogP contribution in [0, 0.1) is 0 Å². The van der Waals surface area contributed by atoms with E-state index >= 15 is 0 Å². The Morgan fingerprint density at radius 1 is 1.27 bits per heavy atom. The van der Waals surface area contributed by atoms with Gasteiger partial charge in [-0.25, -0.2) is 9.78 Å². The molecule has 0 spiro atoms. The van der Waals surface area contributed by atoms with E-state index in [0.29, 0.717) is 33.8 Å². The molecular weight excluding hydrogens is 490 g/mol. The lowest BCUT2D eigenvalue weighted by atomic mass is 10.1. The van der Waals surface area contributed by atoms with Gasteiger partial charge in [0.25, 0.3) is 5.56 Å². The Morgan fingerprint density at radius 2 is 2.06 bits per heavy atom. The number of fused-ring (bicyclic) bond motifs is 1. The van der Waals surface area contributed by atoms with Gasteiger partial charge >= 0.3 is 5.97 Å². The average molecular weight is 516 g/mol. The molecule has 1 atom stereocenters. The summed E-state index contributed by atoms with van der Waals surface area (Å²) in [7, 11) is 1.50. The number of methoxy groups -OCH3 is 1. The molecule has 0 aliphatic heterocycles. The van der Waals surface area contributed by atoms with Crippen molar-refractivity contribution in [1.82, 2.24) is 9.66 Å². The number of nitrogens with zero attached hydrogens (tertiary/aromatic N) is 3. The first-order chi connectivity index (χ1) is 15.9. The number of benzene rings is 2. The molecular formula is C24H26BrN3O5. The molecule has 0 N–H and O–H groups in total. The van der Waals surface area contributed by atoms with Gasteiger partial charge in [-0.15, -0.1) is 0 Å². The van der Waals surface area contributed by atoms with Crippen molar-refractivity contribution in [3.63, 3.8) is 0 Å². The predicted octanol–water partition coefficient (Wildman–Crippen LogP) is 4.51. The number of carbonyl (C=O) groups excluding carboxylic acids is 1. The highest BCUT2D eigenvalue weighted by molar-refractivity contribution is 9.10. The Balaban J connectivity index is 2.09. The fraction of sp³-hybridized carbons (Fsp3) is 0.333. The van der Waals surface area contributed by atoms with E-state index in [2.05, 4.69) is 21.0 Å². The summed E-state index contributed by atoms with van der Waals surface area (Å²) in [5, 5.41) is 4.93. The number of hydrogen-bond acceptors (Lipinski definition) is 7. The van der Waals surface area contributed by atoms with Crippen LogP contribution in [-0.2, 0) is 9.53 Å². The van der Waals surface area contributed by atoms with Gasteiger partial charge in [-0.05, 0) is 43.7 Å². The molecule has 0 aliphatic rings. The molecule has 174 valence electrons. The molecule has 8 nitrogen and oxygen atoms in total. The molecule has 3 rings (SSSR count). The van der Waals surface area contributed by atoms with Gasteiger partial charge in [0.05, 0.1) is 30.8 Å². The fourth-order valence-corrected chi connectivity index (χ4v) is 3.54. The number of ether oxygens (including phenoxy) is 3. The van der Waals surface area contributed by atoms with E-state index in [-0.39, 0.29) is 24.7 Å². The highest BCUT2D eigenvalue weighted by Gasteiger charge is 2.17. The Labute approximate surface area is 200 Å². The van der Waals surface area contributed by atoms with E-state index in [1.807, 2.05) is 26.0 Å². The minimum Gasteiger partial charge on any atom is -0.493 e. The van der Waals surface area contributed by atoms with Crippen molar-refractivity contribution in [2.75, 3.05) is 20.3 Å². The fourth-order valence-electron chi connectivity index (χ4n) is 3.18. The number of para-hydroxylation sites is 1. The number of rotatable bonds is 9. The highest BCUT2D eigenvalue weighted by Crippen LogP contribution is 2.30. The van der Waals surface area contributed by atoms with Crippen LogP contribution in [0.5, 0.6) is 11.5 Å². The van der Waals surface area contributed by atoms with Gasteiger partial charge in [0.1, 0.15) is 5.82 Å². The Bertz CT molecular complexity index is 1240. The van der Waals surface area contributed by atoms with Crippen LogP contribution in [0.1, 0.15) is 44.5 Å². The lowest BCUT2D eigenvalue weighted by Crippen LogP contribution is -2.23. The van der Waals surface area contributed by atoms with Crippen molar-refractivity contribution < 1.29 is 19.0 Å². The molecule has 2 aromatic carbocycles. The van der Waals surface area contributed by atoms with Crippen LogP contribution < -0.4 is 15.0 Å². The van der Waals surface area contributed by atoms with E-state index in [9.17, 15) is 9.59 Å². The molecule has 0 fully saturated rings. The normalized spacial score (nSPS) is 12.2. The maximum absolute atomic E-state index is 13.3. The minimum absolute atomic E-state index is 0.00717. The second kappa shape index (κ2) is 11.1. The van der Waals surface area contributed by atoms with Crippen LogP contribution in [-0.4, -0.2) is 42.2 Å². The van der Waals surface area contributed by atoms with Gasteiger partial charge in [0, 0.05) is 16.0 Å². The maximum Gasteiger partial charge on any atom is 0.344 e. The van der Waals surface area contributed by atoms with Crippen molar-refractivity contribution >= 4 is 39.0 Å². The van der Waals surface area contributed by atoms with E-state index < -0.39 is 5.97 Å². The molecule has 3 aromatic rings. The smallest absolute Gasteiger partial charge is 0.344 e. The molecule has 0 amide bonds. The lowest BCUT2D eigenvalue weighted by Gasteiger charge is -2.15. The van der Waals surface area contributed by atoms with Gasteiger partial charge in [-0.2, -0.15) is 9.78 Å². The molecule has 0 aliphatic carbocycles. The summed E-state index contributed by atoms with van der Waals surface area (Å²) >= 11 is 3.41. The second-order valence-corrected chi connectivity index (χ2v) is 8.19. The summed E-state index contributed by atoms with van der Waals surface area (Å²) in [6, 6.07) is 10.6. The van der Waals surface area contributed by atoms with Crippen LogP contribution in [0.25, 0.3) is 10.9 Å². The number of aromatic nitrogens is 2. The minimum atomic E-state index is -0.495. The molecule has 1 aromatic heterocycles. The van der Waals surface area contributed by atoms with E-state index in [0.717, 1.165) is 10.9 Å². The van der Waals surface area contributed by atoms with E-state index in [4.69, 9.17) is 19.2 Å². The molecule has 9 heteroatoms. The van der Waals surface area contributed by atoms with Crippen molar-refractivity contribution in [2.45, 2.75) is 33.1 Å². The first-order valence-corrected chi connectivity index (χ1v) is 11.4. The predicted molar refractivity (Wildman–Crippen MR) is 131 cm³/mol. The number of esters is 1. The molecule has 0 bridgehead atoms. The topological polar surface area (TPSA) is 92.0 Å². The summed E-state index contributed by atoms with van der Waals surface area (Å²) in [4.78, 5) is 29.8. The van der Waals surface area contributed by atoms with Gasteiger partial charge < -0.3 is 14.2 Å². The van der Waals surface area contributed by atoms with Crippen LogP contribution in [0.2, 0.25) is 0 Å². The first kappa shape index (κ1) is 24.4. The monoisotopic (exact) mass is 515 g/mol. The third-order valence-electron chi connectivity index (χ3n) is 5.07. The van der Waals surface area contributed by atoms with Crippen LogP contribution in [0.4, 0.5) is 0 Å². The zero-order valence-corrected chi connectivity index (χ0v) is 20.6. The Hall–Kier alpha value is -3.20. The van der Waals surface area contributed by atoms with E-state index in [1.54, 1.807) is 31.2 Å². The second-order valence-electron chi connectivity index (χ2n) is 7.27. The Kier molecular flexibility index (Phi) is 8.21. The SMILES string of the molecule is CCOC(=O)COc1c(C=Nn2c([C@@H](C)CC)nc3ccc(Br)cc3c2=O)cccc1OC. The van der Waals surface area contributed by atoms with Crippen molar-refractivity contribution in [2.24, 2.45) is 5.10 Å². The number of carbonyl (C=O) groups is 1. The largest absolute Gasteiger partial charge is 0.493 e. The van der Waals surface area contributed by atoms with Gasteiger partial charge in [0.2, 0.25) is 0 Å². The van der Waals surface area contributed by atoms with Gasteiger partial charge in [-0.3, -0.25) is 4.79 Å². The summed E-state index contributed by atoms with van der Waals surface area (Å²) in [5.41, 5.74) is 0.879. The third kappa shape index (κ3) is 5.60. The molecule has 0 saturated carbocycles. The molecule has 0 unspecified atom stereocenters. The van der Waals surface area contributed by atoms with Gasteiger partial charge in [-0.1, -0.05) is 35.8 Å². The highest BCUT2D eigenvalue weighted by atomic mass is 79.9. The van der Waals surface area contributed by atoms with Crippen molar-refractivity contribution in [1.29, 1.82) is 0 Å². The summed E-state index contributed by atoms with van der Waals surface area (Å²) in [6.45, 7) is 5.73. The third-order valence-corrected chi connectivity index (χ3v) is 5.56. The summed E-state index contributed by atoms with van der Waals surface area (Å²) < 4.78 is 18.1. The zero-order chi connectivity index (χ0) is 24.0. The van der Waals surface area contributed by atoms with Crippen LogP contribution in [0.15, 0.2) is 50.8 Å². The van der Waals surface area contributed by atoms with Crippen molar-refractivity contribution in [3.05, 3.63) is 62.6 Å². The zero-order valence-electron chi connectivity index (χ0n) is 19.0. The van der Waals surface area contributed by atoms with Crippen molar-refractivity contribution in [3.8, 4) is 11.5 Å². The van der Waals surface area contributed by atoms with Gasteiger partial charge in [0.15, 0.2) is 18.1 Å². The molecule has 33 heavy (non-hydrogen) atoms. The summed E-state index contributed by atoms with van der Waals surface area (Å²) in [6.07, 6.45) is 2.29. The average Bonchev–Trinajstić information content (AvgIpc) is 2.82. The molecule has 0 radical (unpaired) electrons. The summed E-state index contributed by atoms with van der Waals surface area (Å²) in [5.74, 6) is 0.828. The quantitative estimate of drug-likeness (QED) is 0.307. The van der Waals surface area contributed by atoms with E-state index in [1.165, 1.54) is 18.0 Å². The molecule has 1 heterocycles. The Morgan fingerprint density at radius 3 is 2.76 bits per heavy atom. The standard InChI is InChI=1S/C24H26BrN3O5/c1-5-15(3)23-27-19-11-10-17(25)12-18(19)24(30)28(23)26-13-16-8-7-9-20(31-4)22(16)33-14-21(29)32-6-2/h7-13,15H,5-6,14H2,1-4H3/t15-/m0/s1. The van der Waals surface area contributed by atoms with Crippen LogP contribution >= 0.6 is 15.9 Å². The van der Waals surface area contributed by atoms with Crippen LogP contribution in [0.3, 0.4) is 0 Å². The lowest BCUT2D eigenvalue weighted by molar-refractivity contribution is -0.145.